The molecule has 0 aliphatic rings. The number of hydrogen-bond donors (Lipinski definition) is 1. The lowest BCUT2D eigenvalue weighted by Crippen LogP contribution is -2.14. The molecule has 0 aliphatic heterocycles. The number of rotatable bonds is 5. The molecule has 4 aromatic rings. The highest BCUT2D eigenvalue weighted by Gasteiger charge is 2.11. The number of carbonyl (C=O) groups excluding carboxylic acids is 1. The number of thioether (sulfide) groups is 1. The molecule has 1 N–H and O–H groups in total. The van der Waals surface area contributed by atoms with Crippen molar-refractivity contribution in [1.82, 2.24) is 30.0 Å². The molecule has 0 fully saturated rings. The van der Waals surface area contributed by atoms with Crippen LogP contribution in [-0.2, 0) is 4.79 Å². The van der Waals surface area contributed by atoms with Gasteiger partial charge >= 0.3 is 0 Å². The second kappa shape index (κ2) is 7.18. The van der Waals surface area contributed by atoms with E-state index >= 15 is 0 Å². The lowest BCUT2D eigenvalue weighted by Gasteiger charge is -2.03. The number of benzene rings is 1. The van der Waals surface area contributed by atoms with Crippen LogP contribution in [0.4, 0.5) is 5.13 Å². The summed E-state index contributed by atoms with van der Waals surface area (Å²) in [4.78, 5) is 12.0. The normalized spacial score (nSPS) is 11.0. The van der Waals surface area contributed by atoms with Gasteiger partial charge in [-0.15, -0.1) is 20.4 Å². The van der Waals surface area contributed by atoms with E-state index in [1.807, 2.05) is 49.4 Å². The zero-order valence-electron chi connectivity index (χ0n) is 13.7. The molecule has 130 valence electrons. The number of amides is 1. The number of hydrogen-bond acceptors (Lipinski definition) is 8. The molecule has 0 radical (unpaired) electrons. The maximum absolute atomic E-state index is 12.0. The third-order valence-electron chi connectivity index (χ3n) is 3.39. The Morgan fingerprint density at radius 1 is 1.12 bits per heavy atom. The topological polar surface area (TPSA) is 98.0 Å². The number of fused-ring (bicyclic) bond motifs is 1. The Morgan fingerprint density at radius 2 is 1.96 bits per heavy atom. The second-order valence-corrected chi connectivity index (χ2v) is 7.47. The van der Waals surface area contributed by atoms with Gasteiger partial charge < -0.3 is 0 Å². The maximum atomic E-state index is 12.0. The SMILES string of the molecule is Cc1nnc(NC(=O)CSc2ccc3nnc(-c4ccccc4)n3n2)s1. The lowest BCUT2D eigenvalue weighted by atomic mass is 10.2. The van der Waals surface area contributed by atoms with E-state index in [9.17, 15) is 4.79 Å². The summed E-state index contributed by atoms with van der Waals surface area (Å²) in [5.41, 5.74) is 1.58. The van der Waals surface area contributed by atoms with Crippen molar-refractivity contribution in [3.63, 3.8) is 0 Å². The van der Waals surface area contributed by atoms with Crippen LogP contribution >= 0.6 is 23.1 Å². The Labute approximate surface area is 156 Å². The number of aryl methyl sites for hydroxylation is 1. The summed E-state index contributed by atoms with van der Waals surface area (Å²) in [6.45, 7) is 1.84. The first-order valence-corrected chi connectivity index (χ1v) is 9.50. The van der Waals surface area contributed by atoms with Crippen molar-refractivity contribution in [2.45, 2.75) is 11.9 Å². The average Bonchev–Trinajstić information content (AvgIpc) is 3.26. The second-order valence-electron chi connectivity index (χ2n) is 5.29. The molecule has 1 amide bonds. The standard InChI is InChI=1S/C16H13N7OS2/c1-10-18-21-16(26-10)17-13(24)9-25-14-8-7-12-19-20-15(23(12)22-14)11-5-3-2-4-6-11/h2-8H,9H2,1H3,(H,17,21,24). The maximum Gasteiger partial charge on any atom is 0.236 e. The number of carbonyl (C=O) groups is 1. The van der Waals surface area contributed by atoms with Gasteiger partial charge in [-0.25, -0.2) is 0 Å². The Bertz CT molecular complexity index is 1060. The van der Waals surface area contributed by atoms with Gasteiger partial charge in [0.1, 0.15) is 10.0 Å². The Kier molecular flexibility index (Phi) is 4.59. The molecule has 3 aromatic heterocycles. The summed E-state index contributed by atoms with van der Waals surface area (Å²) in [6.07, 6.45) is 0. The van der Waals surface area contributed by atoms with E-state index in [-0.39, 0.29) is 11.7 Å². The molecule has 0 saturated carbocycles. The van der Waals surface area contributed by atoms with Crippen molar-refractivity contribution in [3.05, 3.63) is 47.5 Å². The van der Waals surface area contributed by atoms with Crippen LogP contribution in [0.3, 0.4) is 0 Å². The van der Waals surface area contributed by atoms with Crippen LogP contribution in [0.15, 0.2) is 47.5 Å². The molecular weight excluding hydrogens is 370 g/mol. The Hall–Kier alpha value is -2.85. The first kappa shape index (κ1) is 16.6. The van der Waals surface area contributed by atoms with E-state index in [0.717, 1.165) is 10.6 Å². The van der Waals surface area contributed by atoms with Gasteiger partial charge in [-0.1, -0.05) is 53.4 Å². The van der Waals surface area contributed by atoms with Crippen molar-refractivity contribution in [1.29, 1.82) is 0 Å². The van der Waals surface area contributed by atoms with Gasteiger partial charge in [0.2, 0.25) is 11.0 Å². The van der Waals surface area contributed by atoms with Crippen molar-refractivity contribution >= 4 is 39.8 Å². The predicted molar refractivity (Wildman–Crippen MR) is 100 cm³/mol. The van der Waals surface area contributed by atoms with Gasteiger partial charge in [0.25, 0.3) is 0 Å². The minimum absolute atomic E-state index is 0.153. The molecule has 10 heteroatoms. The summed E-state index contributed by atoms with van der Waals surface area (Å²) in [7, 11) is 0. The highest BCUT2D eigenvalue weighted by atomic mass is 32.2. The summed E-state index contributed by atoms with van der Waals surface area (Å²) in [5, 5.41) is 25.4. The first-order valence-electron chi connectivity index (χ1n) is 7.70. The van der Waals surface area contributed by atoms with Crippen molar-refractivity contribution in [2.24, 2.45) is 0 Å². The first-order chi connectivity index (χ1) is 12.7. The average molecular weight is 383 g/mol. The fourth-order valence-corrected chi connectivity index (χ4v) is 3.52. The third-order valence-corrected chi connectivity index (χ3v) is 5.07. The molecular formula is C16H13N7OS2. The smallest absolute Gasteiger partial charge is 0.236 e. The molecule has 0 saturated heterocycles. The van der Waals surface area contributed by atoms with Crippen LogP contribution in [0.25, 0.3) is 17.0 Å². The van der Waals surface area contributed by atoms with E-state index in [0.29, 0.717) is 21.6 Å². The molecule has 4 rings (SSSR count). The molecule has 1 aromatic carbocycles. The van der Waals surface area contributed by atoms with Gasteiger partial charge in [-0.2, -0.15) is 9.61 Å². The molecule has 26 heavy (non-hydrogen) atoms. The molecule has 0 aliphatic carbocycles. The van der Waals surface area contributed by atoms with Crippen LogP contribution in [-0.4, -0.2) is 41.7 Å². The van der Waals surface area contributed by atoms with Crippen LogP contribution in [0.1, 0.15) is 5.01 Å². The van der Waals surface area contributed by atoms with Gasteiger partial charge in [0.15, 0.2) is 11.5 Å². The van der Waals surface area contributed by atoms with E-state index in [4.69, 9.17) is 0 Å². The summed E-state index contributed by atoms with van der Waals surface area (Å²) < 4.78 is 1.68. The highest BCUT2D eigenvalue weighted by Crippen LogP contribution is 2.21. The molecule has 0 bridgehead atoms. The monoisotopic (exact) mass is 383 g/mol. The zero-order valence-corrected chi connectivity index (χ0v) is 15.3. The highest BCUT2D eigenvalue weighted by molar-refractivity contribution is 7.99. The fourth-order valence-electron chi connectivity index (χ4n) is 2.26. The van der Waals surface area contributed by atoms with Crippen molar-refractivity contribution in [2.75, 3.05) is 11.1 Å². The van der Waals surface area contributed by atoms with Crippen LogP contribution in [0.5, 0.6) is 0 Å². The Morgan fingerprint density at radius 3 is 2.73 bits per heavy atom. The van der Waals surface area contributed by atoms with E-state index in [2.05, 4.69) is 30.8 Å². The fraction of sp³-hybridized carbons (Fsp3) is 0.125. The van der Waals surface area contributed by atoms with E-state index in [1.165, 1.54) is 23.1 Å². The van der Waals surface area contributed by atoms with Gasteiger partial charge in [0.05, 0.1) is 5.75 Å². The number of aromatic nitrogens is 6. The van der Waals surface area contributed by atoms with Crippen molar-refractivity contribution < 1.29 is 4.79 Å². The van der Waals surface area contributed by atoms with Gasteiger partial charge in [0, 0.05) is 5.56 Å². The molecule has 0 unspecified atom stereocenters. The number of nitrogens with one attached hydrogen (secondary N) is 1. The number of anilines is 1. The summed E-state index contributed by atoms with van der Waals surface area (Å²) >= 11 is 2.67. The minimum atomic E-state index is -0.153. The lowest BCUT2D eigenvalue weighted by molar-refractivity contribution is -0.113. The largest absolute Gasteiger partial charge is 0.300 e. The van der Waals surface area contributed by atoms with Crippen LogP contribution in [0, 0.1) is 6.92 Å². The van der Waals surface area contributed by atoms with Gasteiger partial charge in [-0.05, 0) is 19.1 Å². The summed E-state index contributed by atoms with van der Waals surface area (Å²) in [6, 6.07) is 13.4. The number of nitrogens with zero attached hydrogens (tertiary/aromatic N) is 6. The predicted octanol–water partition coefficient (Wildman–Crippen LogP) is 2.68. The quantitative estimate of drug-likeness (QED) is 0.529. The Balaban J connectivity index is 1.49. The van der Waals surface area contributed by atoms with Crippen LogP contribution in [0.2, 0.25) is 0 Å². The molecule has 3 heterocycles. The third kappa shape index (κ3) is 3.55. The van der Waals surface area contributed by atoms with Gasteiger partial charge in [-0.3, -0.25) is 10.1 Å². The molecule has 0 atom stereocenters. The minimum Gasteiger partial charge on any atom is -0.300 e. The van der Waals surface area contributed by atoms with Crippen molar-refractivity contribution in [3.8, 4) is 11.4 Å². The summed E-state index contributed by atoms with van der Waals surface area (Å²) in [5.74, 6) is 0.733. The van der Waals surface area contributed by atoms with Crippen LogP contribution < -0.4 is 5.32 Å². The molecule has 8 nitrogen and oxygen atoms in total. The van der Waals surface area contributed by atoms with E-state index < -0.39 is 0 Å². The zero-order chi connectivity index (χ0) is 17.9. The van der Waals surface area contributed by atoms with E-state index in [1.54, 1.807) is 4.52 Å². The molecule has 0 spiro atoms.